The lowest BCUT2D eigenvalue weighted by Crippen LogP contribution is -2.57. The summed E-state index contributed by atoms with van der Waals surface area (Å²) in [7, 11) is 1.93. The van der Waals surface area contributed by atoms with E-state index in [2.05, 4.69) is 10.6 Å². The van der Waals surface area contributed by atoms with Crippen molar-refractivity contribution in [3.63, 3.8) is 0 Å². The van der Waals surface area contributed by atoms with Crippen molar-refractivity contribution in [2.75, 3.05) is 32.0 Å². The van der Waals surface area contributed by atoms with Gasteiger partial charge in [-0.05, 0) is 19.2 Å². The Morgan fingerprint density at radius 1 is 1.42 bits per heavy atom. The molecule has 1 saturated heterocycles. The monoisotopic (exact) mass is 323 g/mol. The number of hydrogen-bond acceptors (Lipinski definition) is 3. The third kappa shape index (κ3) is 4.23. The van der Waals surface area contributed by atoms with Crippen molar-refractivity contribution in [1.29, 1.82) is 0 Å². The van der Waals surface area contributed by atoms with Gasteiger partial charge >= 0.3 is 0 Å². The van der Waals surface area contributed by atoms with E-state index in [-0.39, 0.29) is 18.3 Å². The zero-order chi connectivity index (χ0) is 13.1. The van der Waals surface area contributed by atoms with E-state index in [0.717, 1.165) is 13.1 Å². The minimum atomic E-state index is -0.112. The minimum Gasteiger partial charge on any atom is -0.322 e. The minimum absolute atomic E-state index is 0. The zero-order valence-corrected chi connectivity index (χ0v) is 12.8. The van der Waals surface area contributed by atoms with Gasteiger partial charge in [0.25, 0.3) is 0 Å². The quantitative estimate of drug-likeness (QED) is 0.893. The predicted octanol–water partition coefficient (Wildman–Crippen LogP) is 2.26. The van der Waals surface area contributed by atoms with Crippen molar-refractivity contribution >= 4 is 47.2 Å². The average Bonchev–Trinajstić information content (AvgIpc) is 2.21. The molecule has 1 aromatic carbocycles. The summed E-state index contributed by atoms with van der Waals surface area (Å²) >= 11 is 12.0. The fourth-order valence-electron chi connectivity index (χ4n) is 1.74. The average molecular weight is 325 g/mol. The van der Waals surface area contributed by atoms with Crippen LogP contribution in [0.4, 0.5) is 5.69 Å². The molecule has 4 nitrogen and oxygen atoms in total. The molecule has 7 heteroatoms. The molecule has 1 heterocycles. The highest BCUT2D eigenvalue weighted by molar-refractivity contribution is 6.39. The Kier molecular flexibility index (Phi) is 6.36. The molecule has 0 atom stereocenters. The fourth-order valence-corrected chi connectivity index (χ4v) is 2.23. The van der Waals surface area contributed by atoms with E-state index in [4.69, 9.17) is 23.2 Å². The number of rotatable bonds is 4. The largest absolute Gasteiger partial charge is 0.322 e. The van der Waals surface area contributed by atoms with Crippen molar-refractivity contribution in [3.8, 4) is 0 Å². The van der Waals surface area contributed by atoms with E-state index in [1.807, 2.05) is 11.9 Å². The van der Waals surface area contributed by atoms with Gasteiger partial charge in [-0.25, -0.2) is 0 Å². The second kappa shape index (κ2) is 7.31. The number of amides is 1. The van der Waals surface area contributed by atoms with Crippen molar-refractivity contribution < 1.29 is 4.79 Å². The first kappa shape index (κ1) is 16.5. The highest BCUT2D eigenvalue weighted by atomic mass is 35.5. The summed E-state index contributed by atoms with van der Waals surface area (Å²) in [6.07, 6.45) is 0. The van der Waals surface area contributed by atoms with E-state index < -0.39 is 0 Å². The maximum Gasteiger partial charge on any atom is 0.238 e. The van der Waals surface area contributed by atoms with Crippen LogP contribution in [-0.4, -0.2) is 43.5 Å². The van der Waals surface area contributed by atoms with Crippen molar-refractivity contribution in [1.82, 2.24) is 10.2 Å². The highest BCUT2D eigenvalue weighted by Crippen LogP contribution is 2.29. The topological polar surface area (TPSA) is 44.4 Å². The molecule has 1 aromatic rings. The number of likely N-dealkylation sites (N-methyl/N-ethyl adjacent to an activating group) is 1. The summed E-state index contributed by atoms with van der Waals surface area (Å²) in [4.78, 5) is 13.9. The third-order valence-electron chi connectivity index (χ3n) is 3.00. The molecule has 2 rings (SSSR count). The Morgan fingerprint density at radius 2 is 2.00 bits per heavy atom. The first-order valence-electron chi connectivity index (χ1n) is 5.72. The lowest BCUT2D eigenvalue weighted by atomic mass is 10.1. The number of nitrogens with one attached hydrogen (secondary N) is 2. The molecule has 0 radical (unpaired) electrons. The molecular weight excluding hydrogens is 309 g/mol. The summed E-state index contributed by atoms with van der Waals surface area (Å²) in [5.41, 5.74) is 0.478. The van der Waals surface area contributed by atoms with Crippen molar-refractivity contribution in [2.24, 2.45) is 0 Å². The van der Waals surface area contributed by atoms with Crippen LogP contribution in [-0.2, 0) is 4.79 Å². The van der Waals surface area contributed by atoms with Crippen LogP contribution in [0.15, 0.2) is 18.2 Å². The Hall–Kier alpha value is -0.520. The molecule has 1 aliphatic rings. The summed E-state index contributed by atoms with van der Waals surface area (Å²) in [5, 5.41) is 6.81. The van der Waals surface area contributed by atoms with E-state index >= 15 is 0 Å². The van der Waals surface area contributed by atoms with Crippen LogP contribution in [0, 0.1) is 0 Å². The lowest BCUT2D eigenvalue weighted by molar-refractivity contribution is -0.117. The van der Waals surface area contributed by atoms with Gasteiger partial charge in [-0.15, -0.1) is 12.4 Å². The van der Waals surface area contributed by atoms with Crippen LogP contribution in [0.25, 0.3) is 0 Å². The fraction of sp³-hybridized carbons (Fsp3) is 0.417. The van der Waals surface area contributed by atoms with Gasteiger partial charge in [-0.2, -0.15) is 0 Å². The first-order valence-corrected chi connectivity index (χ1v) is 6.48. The van der Waals surface area contributed by atoms with Crippen molar-refractivity contribution in [2.45, 2.75) is 6.04 Å². The lowest BCUT2D eigenvalue weighted by Gasteiger charge is -2.35. The number of para-hydroxylation sites is 1. The summed E-state index contributed by atoms with van der Waals surface area (Å²) in [6.45, 7) is 2.18. The smallest absolute Gasteiger partial charge is 0.238 e. The Labute approximate surface area is 128 Å². The molecule has 0 unspecified atom stereocenters. The molecule has 1 fully saturated rings. The maximum absolute atomic E-state index is 11.9. The van der Waals surface area contributed by atoms with Gasteiger partial charge in [-0.3, -0.25) is 9.69 Å². The molecular formula is C12H16Cl3N3O. The number of anilines is 1. The predicted molar refractivity (Wildman–Crippen MR) is 81.6 cm³/mol. The van der Waals surface area contributed by atoms with Crippen molar-refractivity contribution in [3.05, 3.63) is 28.2 Å². The van der Waals surface area contributed by atoms with Crippen LogP contribution in [0.2, 0.25) is 10.0 Å². The Bertz CT molecular complexity index is 432. The number of carbonyl (C=O) groups excluding carboxylic acids is 1. The molecule has 0 aliphatic carbocycles. The number of nitrogens with zero attached hydrogens (tertiary/aromatic N) is 1. The van der Waals surface area contributed by atoms with E-state index in [0.29, 0.717) is 28.3 Å². The van der Waals surface area contributed by atoms with E-state index in [1.165, 1.54) is 0 Å². The summed E-state index contributed by atoms with van der Waals surface area (Å²) in [5.74, 6) is -0.112. The first-order chi connectivity index (χ1) is 8.58. The molecule has 2 N–H and O–H groups in total. The molecule has 0 aromatic heterocycles. The Balaban J connectivity index is 0.00000180. The standard InChI is InChI=1S/C12H15Cl2N3O.ClH/c1-17(8-5-15-6-8)7-11(18)16-12-9(13)3-2-4-10(12)14;/h2-4,8,15H,5-7H2,1H3,(H,16,18);1H. The molecule has 1 amide bonds. The SMILES string of the molecule is CN(CC(=O)Nc1c(Cl)cccc1Cl)C1CNC1.Cl. The molecule has 0 bridgehead atoms. The van der Waals surface area contributed by atoms with Gasteiger partial charge in [-0.1, -0.05) is 29.3 Å². The van der Waals surface area contributed by atoms with Crippen LogP contribution >= 0.6 is 35.6 Å². The van der Waals surface area contributed by atoms with Gasteiger partial charge in [0.15, 0.2) is 0 Å². The summed E-state index contributed by atoms with van der Waals surface area (Å²) in [6, 6.07) is 5.56. The second-order valence-corrected chi connectivity index (χ2v) is 5.19. The summed E-state index contributed by atoms with van der Waals surface area (Å²) < 4.78 is 0. The zero-order valence-electron chi connectivity index (χ0n) is 10.5. The molecule has 0 saturated carbocycles. The van der Waals surface area contributed by atoms with Gasteiger partial charge in [0.2, 0.25) is 5.91 Å². The van der Waals surface area contributed by atoms with E-state index in [9.17, 15) is 4.79 Å². The van der Waals surface area contributed by atoms with Gasteiger partial charge in [0, 0.05) is 19.1 Å². The van der Waals surface area contributed by atoms with Crippen LogP contribution in [0.3, 0.4) is 0 Å². The van der Waals surface area contributed by atoms with Gasteiger partial charge in [0.1, 0.15) is 0 Å². The van der Waals surface area contributed by atoms with Crippen LogP contribution < -0.4 is 10.6 Å². The molecule has 106 valence electrons. The number of hydrogen-bond donors (Lipinski definition) is 2. The van der Waals surface area contributed by atoms with Crippen LogP contribution in [0.1, 0.15) is 0 Å². The second-order valence-electron chi connectivity index (χ2n) is 4.37. The molecule has 19 heavy (non-hydrogen) atoms. The van der Waals surface area contributed by atoms with E-state index in [1.54, 1.807) is 18.2 Å². The number of carbonyl (C=O) groups is 1. The molecule has 1 aliphatic heterocycles. The number of halogens is 3. The normalized spacial score (nSPS) is 14.7. The highest BCUT2D eigenvalue weighted by Gasteiger charge is 2.23. The molecule has 0 spiro atoms. The third-order valence-corrected chi connectivity index (χ3v) is 3.63. The number of benzene rings is 1. The van der Waals surface area contributed by atoms with Gasteiger partial charge in [0.05, 0.1) is 22.3 Å². The van der Waals surface area contributed by atoms with Crippen LogP contribution in [0.5, 0.6) is 0 Å². The Morgan fingerprint density at radius 3 is 2.47 bits per heavy atom. The van der Waals surface area contributed by atoms with Gasteiger partial charge < -0.3 is 10.6 Å². The maximum atomic E-state index is 11.9.